The molecule has 0 atom stereocenters. The standard InChI is InChI=1S/C18H16F3NO2S/c19-18(20,21)16(23)15-8-7-14(25-15)12-5-4-6-13(11-12)17(24)22-9-2-1-3-10-22/h4-8,11H,1-3,9-10H2. The van der Waals surface area contributed by atoms with E-state index in [1.165, 1.54) is 12.1 Å². The number of ketones is 1. The Bertz CT molecular complexity index is 792. The highest BCUT2D eigenvalue weighted by atomic mass is 32.1. The van der Waals surface area contributed by atoms with Crippen LogP contribution in [-0.2, 0) is 0 Å². The smallest absolute Gasteiger partial charge is 0.339 e. The molecule has 0 spiro atoms. The number of alkyl halides is 3. The summed E-state index contributed by atoms with van der Waals surface area (Å²) in [5.41, 5.74) is 1.14. The number of hydrogen-bond donors (Lipinski definition) is 0. The molecule has 2 heterocycles. The molecule has 2 aromatic rings. The molecule has 0 N–H and O–H groups in total. The Morgan fingerprint density at radius 1 is 1.00 bits per heavy atom. The molecular formula is C18H16F3NO2S. The summed E-state index contributed by atoms with van der Waals surface area (Å²) >= 11 is 0.783. The van der Waals surface area contributed by atoms with Crippen LogP contribution in [0.25, 0.3) is 10.4 Å². The lowest BCUT2D eigenvalue weighted by molar-refractivity contribution is -0.0882. The second-order valence-electron chi connectivity index (χ2n) is 5.92. The zero-order valence-corrected chi connectivity index (χ0v) is 14.1. The van der Waals surface area contributed by atoms with E-state index in [-0.39, 0.29) is 10.8 Å². The van der Waals surface area contributed by atoms with Gasteiger partial charge in [-0.2, -0.15) is 13.2 Å². The van der Waals surface area contributed by atoms with Gasteiger partial charge in [-0.15, -0.1) is 11.3 Å². The van der Waals surface area contributed by atoms with Gasteiger partial charge in [0.05, 0.1) is 4.88 Å². The number of halogens is 3. The van der Waals surface area contributed by atoms with E-state index in [2.05, 4.69) is 0 Å². The van der Waals surface area contributed by atoms with Crippen molar-refractivity contribution in [1.82, 2.24) is 4.90 Å². The van der Waals surface area contributed by atoms with E-state index in [9.17, 15) is 22.8 Å². The van der Waals surface area contributed by atoms with Gasteiger partial charge in [0, 0.05) is 23.5 Å². The van der Waals surface area contributed by atoms with Crippen LogP contribution in [0.4, 0.5) is 13.2 Å². The second kappa shape index (κ2) is 7.00. The fraction of sp³-hybridized carbons (Fsp3) is 0.333. The number of likely N-dealkylation sites (tertiary alicyclic amines) is 1. The van der Waals surface area contributed by atoms with Gasteiger partial charge in [-0.25, -0.2) is 0 Å². The Morgan fingerprint density at radius 3 is 2.40 bits per heavy atom. The molecule has 3 nitrogen and oxygen atoms in total. The normalized spacial score (nSPS) is 15.2. The van der Waals surface area contributed by atoms with Gasteiger partial charge in [-0.1, -0.05) is 12.1 Å². The number of piperidine rings is 1. The first-order valence-electron chi connectivity index (χ1n) is 7.97. The van der Waals surface area contributed by atoms with Crippen molar-refractivity contribution in [3.8, 4) is 10.4 Å². The van der Waals surface area contributed by atoms with E-state index >= 15 is 0 Å². The Kier molecular flexibility index (Phi) is 4.94. The summed E-state index contributed by atoms with van der Waals surface area (Å²) < 4.78 is 37.6. The maximum absolute atomic E-state index is 12.6. The average Bonchev–Trinajstić information content (AvgIpc) is 3.10. The van der Waals surface area contributed by atoms with Crippen molar-refractivity contribution in [3.05, 3.63) is 46.8 Å². The van der Waals surface area contributed by atoms with E-state index in [4.69, 9.17) is 0 Å². The van der Waals surface area contributed by atoms with Gasteiger partial charge in [0.1, 0.15) is 0 Å². The van der Waals surface area contributed by atoms with Gasteiger partial charge in [0.2, 0.25) is 0 Å². The zero-order valence-electron chi connectivity index (χ0n) is 13.3. The number of carbonyl (C=O) groups is 2. The van der Waals surface area contributed by atoms with Gasteiger partial charge in [0.25, 0.3) is 11.7 Å². The van der Waals surface area contributed by atoms with Gasteiger partial charge < -0.3 is 4.90 Å². The van der Waals surface area contributed by atoms with Crippen LogP contribution in [0.1, 0.15) is 39.3 Å². The molecule has 1 aliphatic rings. The second-order valence-corrected chi connectivity index (χ2v) is 7.01. The van der Waals surface area contributed by atoms with Crippen molar-refractivity contribution < 1.29 is 22.8 Å². The summed E-state index contributed by atoms with van der Waals surface area (Å²) in [5.74, 6) is -1.91. The molecule has 1 aromatic heterocycles. The van der Waals surface area contributed by atoms with Crippen LogP contribution < -0.4 is 0 Å². The molecule has 1 amide bonds. The molecule has 7 heteroatoms. The third kappa shape index (κ3) is 3.92. The van der Waals surface area contributed by atoms with Gasteiger partial charge in [-0.05, 0) is 49.1 Å². The minimum atomic E-state index is -4.88. The molecule has 1 saturated heterocycles. The number of thiophene rings is 1. The monoisotopic (exact) mass is 367 g/mol. The Balaban J connectivity index is 1.83. The number of nitrogens with zero attached hydrogens (tertiary/aromatic N) is 1. The zero-order chi connectivity index (χ0) is 18.0. The summed E-state index contributed by atoms with van der Waals surface area (Å²) in [6.07, 6.45) is -1.79. The Hall–Kier alpha value is -2.15. The maximum atomic E-state index is 12.6. The summed E-state index contributed by atoms with van der Waals surface area (Å²) in [4.78, 5) is 25.9. The summed E-state index contributed by atoms with van der Waals surface area (Å²) in [6.45, 7) is 1.46. The molecule has 1 fully saturated rings. The van der Waals surface area contributed by atoms with E-state index in [0.29, 0.717) is 16.0 Å². The molecule has 25 heavy (non-hydrogen) atoms. The molecule has 1 aliphatic heterocycles. The molecule has 1 aromatic carbocycles. The molecule has 0 aliphatic carbocycles. The van der Waals surface area contributed by atoms with Crippen LogP contribution in [0, 0.1) is 0 Å². The summed E-state index contributed by atoms with van der Waals surface area (Å²) in [5, 5.41) is 0. The fourth-order valence-electron chi connectivity index (χ4n) is 2.84. The van der Waals surface area contributed by atoms with E-state index in [1.807, 2.05) is 0 Å². The molecule has 3 rings (SSSR count). The van der Waals surface area contributed by atoms with Crippen LogP contribution in [0.3, 0.4) is 0 Å². The Labute approximate surface area is 147 Å². The number of benzene rings is 1. The van der Waals surface area contributed by atoms with Crippen LogP contribution >= 0.6 is 11.3 Å². The van der Waals surface area contributed by atoms with Crippen molar-refractivity contribution in [2.24, 2.45) is 0 Å². The minimum absolute atomic E-state index is 0.0651. The predicted octanol–water partition coefficient (Wildman–Crippen LogP) is 4.79. The largest absolute Gasteiger partial charge is 0.455 e. The predicted molar refractivity (Wildman–Crippen MR) is 89.9 cm³/mol. The molecule has 0 saturated carbocycles. The molecule has 0 unspecified atom stereocenters. The quantitative estimate of drug-likeness (QED) is 0.732. The van der Waals surface area contributed by atoms with Crippen molar-refractivity contribution >= 4 is 23.0 Å². The molecular weight excluding hydrogens is 351 g/mol. The SMILES string of the molecule is O=C(c1cccc(-c2ccc(C(=O)C(F)(F)F)s2)c1)N1CCCCC1. The van der Waals surface area contributed by atoms with Crippen LogP contribution in [0.15, 0.2) is 36.4 Å². The fourth-order valence-corrected chi connectivity index (χ4v) is 3.80. The maximum Gasteiger partial charge on any atom is 0.455 e. The number of carbonyl (C=O) groups excluding carboxylic acids is 2. The van der Waals surface area contributed by atoms with E-state index in [1.54, 1.807) is 29.2 Å². The number of Topliss-reactive ketones (excluding diaryl/α,β-unsaturated/α-hetero) is 1. The average molecular weight is 367 g/mol. The first-order valence-corrected chi connectivity index (χ1v) is 8.79. The summed E-state index contributed by atoms with van der Waals surface area (Å²) in [7, 11) is 0. The van der Waals surface area contributed by atoms with Crippen molar-refractivity contribution in [3.63, 3.8) is 0 Å². The van der Waals surface area contributed by atoms with Crippen molar-refractivity contribution in [2.75, 3.05) is 13.1 Å². The highest BCUT2D eigenvalue weighted by Gasteiger charge is 2.40. The van der Waals surface area contributed by atoms with E-state index < -0.39 is 12.0 Å². The lowest BCUT2D eigenvalue weighted by Crippen LogP contribution is -2.35. The van der Waals surface area contributed by atoms with Crippen LogP contribution in [0.2, 0.25) is 0 Å². The highest BCUT2D eigenvalue weighted by Crippen LogP contribution is 2.32. The third-order valence-electron chi connectivity index (χ3n) is 4.12. The number of hydrogen-bond acceptors (Lipinski definition) is 3. The highest BCUT2D eigenvalue weighted by molar-refractivity contribution is 7.17. The van der Waals surface area contributed by atoms with Crippen molar-refractivity contribution in [1.29, 1.82) is 0 Å². The number of amides is 1. The lowest BCUT2D eigenvalue weighted by atomic mass is 10.1. The molecule has 132 valence electrons. The van der Waals surface area contributed by atoms with Gasteiger partial charge >= 0.3 is 6.18 Å². The number of rotatable bonds is 3. The van der Waals surface area contributed by atoms with Crippen molar-refractivity contribution in [2.45, 2.75) is 25.4 Å². The lowest BCUT2D eigenvalue weighted by Gasteiger charge is -2.26. The first kappa shape index (κ1) is 17.7. The summed E-state index contributed by atoms with van der Waals surface area (Å²) in [6, 6.07) is 9.46. The van der Waals surface area contributed by atoms with E-state index in [0.717, 1.165) is 43.7 Å². The molecule has 0 bridgehead atoms. The van der Waals surface area contributed by atoms with Crippen LogP contribution in [0.5, 0.6) is 0 Å². The van der Waals surface area contributed by atoms with Crippen LogP contribution in [-0.4, -0.2) is 35.9 Å². The molecule has 0 radical (unpaired) electrons. The Morgan fingerprint density at radius 2 is 1.72 bits per heavy atom. The van der Waals surface area contributed by atoms with Gasteiger partial charge in [0.15, 0.2) is 0 Å². The van der Waals surface area contributed by atoms with Gasteiger partial charge in [-0.3, -0.25) is 9.59 Å². The first-order chi connectivity index (χ1) is 11.9. The third-order valence-corrected chi connectivity index (χ3v) is 5.26. The topological polar surface area (TPSA) is 37.4 Å². The minimum Gasteiger partial charge on any atom is -0.339 e.